The summed E-state index contributed by atoms with van der Waals surface area (Å²) in [6.07, 6.45) is 11.5. The summed E-state index contributed by atoms with van der Waals surface area (Å²) in [6, 6.07) is 1.83. The maximum atomic E-state index is 2.72. The van der Waals surface area contributed by atoms with Crippen molar-refractivity contribution in [3.05, 3.63) is 0 Å². The molecule has 2 heteroatoms. The Morgan fingerprint density at radius 3 is 2.35 bits per heavy atom. The van der Waals surface area contributed by atoms with Gasteiger partial charge in [0.2, 0.25) is 0 Å². The van der Waals surface area contributed by atoms with E-state index in [0.717, 1.165) is 23.4 Å². The SMILES string of the molecule is CCCCCCN1CC2(CC(N(C)[C@H]3C[C@H](C)C3)C2)C1. The average molecular weight is 278 g/mol. The first-order valence-electron chi connectivity index (χ1n) is 9.06. The molecule has 1 heterocycles. The predicted octanol–water partition coefficient (Wildman–Crippen LogP) is 3.76. The molecular formula is C18H34N2. The summed E-state index contributed by atoms with van der Waals surface area (Å²) in [5, 5.41) is 0. The minimum atomic E-state index is 0.749. The lowest BCUT2D eigenvalue weighted by molar-refractivity contribution is -0.119. The number of likely N-dealkylation sites (tertiary alicyclic amines) is 1. The molecule has 0 aromatic carbocycles. The minimum Gasteiger partial charge on any atom is -0.302 e. The molecule has 1 aliphatic heterocycles. The highest BCUT2D eigenvalue weighted by Crippen LogP contribution is 2.51. The van der Waals surface area contributed by atoms with Crippen molar-refractivity contribution in [1.29, 1.82) is 0 Å². The zero-order valence-electron chi connectivity index (χ0n) is 13.9. The molecule has 3 aliphatic rings. The van der Waals surface area contributed by atoms with E-state index >= 15 is 0 Å². The molecule has 2 saturated carbocycles. The fraction of sp³-hybridized carbons (Fsp3) is 1.00. The van der Waals surface area contributed by atoms with Crippen LogP contribution in [0, 0.1) is 11.3 Å². The first-order valence-corrected chi connectivity index (χ1v) is 9.06. The molecule has 0 N–H and O–H groups in total. The molecular weight excluding hydrogens is 244 g/mol. The highest BCUT2D eigenvalue weighted by Gasteiger charge is 2.53. The first-order chi connectivity index (χ1) is 9.62. The molecule has 1 spiro atoms. The Morgan fingerprint density at radius 2 is 1.75 bits per heavy atom. The Morgan fingerprint density at radius 1 is 1.05 bits per heavy atom. The van der Waals surface area contributed by atoms with Crippen LogP contribution in [0.4, 0.5) is 0 Å². The van der Waals surface area contributed by atoms with Gasteiger partial charge >= 0.3 is 0 Å². The van der Waals surface area contributed by atoms with Gasteiger partial charge in [-0.3, -0.25) is 0 Å². The summed E-state index contributed by atoms with van der Waals surface area (Å²) in [7, 11) is 2.38. The molecule has 0 atom stereocenters. The Labute approximate surface area is 125 Å². The van der Waals surface area contributed by atoms with E-state index in [1.807, 2.05) is 0 Å². The molecule has 3 fully saturated rings. The van der Waals surface area contributed by atoms with E-state index in [4.69, 9.17) is 0 Å². The van der Waals surface area contributed by atoms with E-state index in [0.29, 0.717) is 0 Å². The number of hydrogen-bond donors (Lipinski definition) is 0. The maximum absolute atomic E-state index is 2.72. The smallest absolute Gasteiger partial charge is 0.0108 e. The van der Waals surface area contributed by atoms with E-state index in [9.17, 15) is 0 Å². The summed E-state index contributed by atoms with van der Waals surface area (Å²) in [4.78, 5) is 5.42. The van der Waals surface area contributed by atoms with Crippen LogP contribution in [0.2, 0.25) is 0 Å². The predicted molar refractivity (Wildman–Crippen MR) is 86.0 cm³/mol. The van der Waals surface area contributed by atoms with Crippen LogP contribution in [-0.4, -0.2) is 48.6 Å². The van der Waals surface area contributed by atoms with Crippen LogP contribution < -0.4 is 0 Å². The number of unbranched alkanes of at least 4 members (excludes halogenated alkanes) is 3. The molecule has 0 aromatic rings. The normalized spacial score (nSPS) is 33.0. The van der Waals surface area contributed by atoms with Gasteiger partial charge < -0.3 is 9.80 Å². The number of nitrogens with zero attached hydrogens (tertiary/aromatic N) is 2. The number of hydrogen-bond acceptors (Lipinski definition) is 2. The van der Waals surface area contributed by atoms with Crippen molar-refractivity contribution in [3.8, 4) is 0 Å². The average Bonchev–Trinajstić information content (AvgIpc) is 2.29. The molecule has 0 radical (unpaired) electrons. The molecule has 2 nitrogen and oxygen atoms in total. The van der Waals surface area contributed by atoms with Crippen LogP contribution in [0.3, 0.4) is 0 Å². The Hall–Kier alpha value is -0.0800. The number of rotatable bonds is 7. The zero-order chi connectivity index (χ0) is 14.2. The topological polar surface area (TPSA) is 6.48 Å². The van der Waals surface area contributed by atoms with Gasteiger partial charge in [0.1, 0.15) is 0 Å². The van der Waals surface area contributed by atoms with Crippen molar-refractivity contribution in [2.75, 3.05) is 26.7 Å². The summed E-state index contributed by atoms with van der Waals surface area (Å²) < 4.78 is 0. The lowest BCUT2D eigenvalue weighted by Crippen LogP contribution is -2.67. The van der Waals surface area contributed by atoms with E-state index in [1.54, 1.807) is 0 Å². The van der Waals surface area contributed by atoms with Crippen molar-refractivity contribution in [2.45, 2.75) is 77.3 Å². The summed E-state index contributed by atoms with van der Waals surface area (Å²) in [5.74, 6) is 0.985. The molecule has 20 heavy (non-hydrogen) atoms. The van der Waals surface area contributed by atoms with Gasteiger partial charge in [-0.25, -0.2) is 0 Å². The van der Waals surface area contributed by atoms with Crippen LogP contribution in [0.15, 0.2) is 0 Å². The van der Waals surface area contributed by atoms with Gasteiger partial charge in [-0.05, 0) is 57.0 Å². The maximum Gasteiger partial charge on any atom is 0.0108 e. The lowest BCUT2D eigenvalue weighted by atomic mass is 9.59. The molecule has 0 amide bonds. The molecule has 0 unspecified atom stereocenters. The van der Waals surface area contributed by atoms with Crippen molar-refractivity contribution < 1.29 is 0 Å². The third kappa shape index (κ3) is 2.92. The van der Waals surface area contributed by atoms with Gasteiger partial charge in [-0.2, -0.15) is 0 Å². The van der Waals surface area contributed by atoms with Gasteiger partial charge in [0, 0.05) is 25.2 Å². The van der Waals surface area contributed by atoms with Crippen LogP contribution in [-0.2, 0) is 0 Å². The van der Waals surface area contributed by atoms with Crippen molar-refractivity contribution in [1.82, 2.24) is 9.80 Å². The van der Waals surface area contributed by atoms with Gasteiger partial charge in [-0.1, -0.05) is 33.1 Å². The summed E-state index contributed by atoms with van der Waals surface area (Å²) in [5.41, 5.74) is 0.749. The summed E-state index contributed by atoms with van der Waals surface area (Å²) in [6.45, 7) is 8.87. The highest BCUT2D eigenvalue weighted by atomic mass is 15.2. The quantitative estimate of drug-likeness (QED) is 0.654. The Bertz CT molecular complexity index is 307. The van der Waals surface area contributed by atoms with E-state index in [-0.39, 0.29) is 0 Å². The summed E-state index contributed by atoms with van der Waals surface area (Å²) >= 11 is 0. The van der Waals surface area contributed by atoms with Crippen LogP contribution in [0.5, 0.6) is 0 Å². The second-order valence-electron chi connectivity index (χ2n) is 8.23. The van der Waals surface area contributed by atoms with Gasteiger partial charge in [0.25, 0.3) is 0 Å². The van der Waals surface area contributed by atoms with Crippen LogP contribution >= 0.6 is 0 Å². The largest absolute Gasteiger partial charge is 0.302 e. The van der Waals surface area contributed by atoms with Crippen LogP contribution in [0.1, 0.15) is 65.2 Å². The fourth-order valence-corrected chi connectivity index (χ4v) is 4.80. The third-order valence-electron chi connectivity index (χ3n) is 6.28. The Balaban J connectivity index is 1.29. The molecule has 2 aliphatic carbocycles. The van der Waals surface area contributed by atoms with E-state index in [1.165, 1.54) is 71.0 Å². The van der Waals surface area contributed by atoms with Crippen molar-refractivity contribution in [2.24, 2.45) is 11.3 Å². The lowest BCUT2D eigenvalue weighted by Gasteiger charge is -2.62. The third-order valence-corrected chi connectivity index (χ3v) is 6.28. The standard InChI is InChI=1S/C18H34N2/c1-4-5-6-7-8-20-13-18(14-20)11-17(12-18)19(3)16-9-15(2)10-16/h15-17H,4-14H2,1-3H3/t15-,16-. The van der Waals surface area contributed by atoms with E-state index < -0.39 is 0 Å². The van der Waals surface area contributed by atoms with Crippen LogP contribution in [0.25, 0.3) is 0 Å². The fourth-order valence-electron chi connectivity index (χ4n) is 4.80. The molecule has 116 valence electrons. The molecule has 0 aromatic heterocycles. The van der Waals surface area contributed by atoms with Crippen molar-refractivity contribution >= 4 is 0 Å². The molecule has 1 saturated heterocycles. The van der Waals surface area contributed by atoms with Gasteiger partial charge in [0.15, 0.2) is 0 Å². The monoisotopic (exact) mass is 278 g/mol. The second-order valence-corrected chi connectivity index (χ2v) is 8.23. The Kier molecular flexibility index (Phi) is 4.42. The first kappa shape index (κ1) is 14.8. The van der Waals surface area contributed by atoms with E-state index in [2.05, 4.69) is 30.7 Å². The highest BCUT2D eigenvalue weighted by molar-refractivity contribution is 5.08. The second kappa shape index (κ2) is 5.96. The van der Waals surface area contributed by atoms with Gasteiger partial charge in [-0.15, -0.1) is 0 Å². The molecule has 3 rings (SSSR count). The van der Waals surface area contributed by atoms with Gasteiger partial charge in [0.05, 0.1) is 0 Å². The minimum absolute atomic E-state index is 0.749. The molecule has 0 bridgehead atoms. The zero-order valence-corrected chi connectivity index (χ0v) is 13.9. The van der Waals surface area contributed by atoms with Crippen molar-refractivity contribution in [3.63, 3.8) is 0 Å².